The number of fused-ring (bicyclic) bond motifs is 7. The molecule has 0 radical (unpaired) electrons. The highest BCUT2D eigenvalue weighted by molar-refractivity contribution is 5.98. The normalized spacial score (nSPS) is 14.4. The second kappa shape index (κ2) is 3.48. The van der Waals surface area contributed by atoms with Crippen molar-refractivity contribution in [2.75, 3.05) is 0 Å². The van der Waals surface area contributed by atoms with Crippen molar-refractivity contribution in [2.45, 2.75) is 6.42 Å². The quantitative estimate of drug-likeness (QED) is 0.474. The first kappa shape index (κ1) is 10.2. The van der Waals surface area contributed by atoms with Crippen molar-refractivity contribution in [1.82, 2.24) is 0 Å². The van der Waals surface area contributed by atoms with E-state index in [1.807, 2.05) is 12.1 Å². The first-order valence-corrected chi connectivity index (χ1v) is 6.81. The van der Waals surface area contributed by atoms with E-state index in [0.717, 1.165) is 34.0 Å². The molecule has 2 heterocycles. The minimum Gasteiger partial charge on any atom is -0.456 e. The highest BCUT2D eigenvalue weighted by atomic mass is 16.3. The predicted octanol–water partition coefficient (Wildman–Crippen LogP) is 3.26. The lowest BCUT2D eigenvalue weighted by Gasteiger charge is -2.00. The van der Waals surface area contributed by atoms with Gasteiger partial charge in [0.25, 0.3) is 0 Å². The molecule has 20 heavy (non-hydrogen) atoms. The molecule has 1 aliphatic carbocycles. The zero-order chi connectivity index (χ0) is 13.1. The van der Waals surface area contributed by atoms with Gasteiger partial charge in [0.1, 0.15) is 11.0 Å². The zero-order valence-corrected chi connectivity index (χ0v) is 10.8. The molecule has 3 aromatic rings. The van der Waals surface area contributed by atoms with Crippen LogP contribution >= 0.6 is 0 Å². The molecule has 2 nitrogen and oxygen atoms in total. The minimum absolute atomic E-state index is 0.941. The molecular formula is C18H11NO. The third kappa shape index (κ3) is 1.16. The molecule has 0 atom stereocenters. The predicted molar refractivity (Wildman–Crippen MR) is 79.4 cm³/mol. The van der Waals surface area contributed by atoms with E-state index in [2.05, 4.69) is 47.5 Å². The second-order valence-corrected chi connectivity index (χ2v) is 5.21. The molecule has 0 unspecified atom stereocenters. The van der Waals surface area contributed by atoms with Crippen molar-refractivity contribution in [2.24, 2.45) is 4.99 Å². The van der Waals surface area contributed by atoms with Gasteiger partial charge in [0.05, 0.1) is 16.6 Å². The van der Waals surface area contributed by atoms with Crippen LogP contribution < -0.4 is 10.8 Å². The van der Waals surface area contributed by atoms with E-state index in [9.17, 15) is 0 Å². The van der Waals surface area contributed by atoms with Gasteiger partial charge in [-0.25, -0.2) is 4.99 Å². The Morgan fingerprint density at radius 1 is 1.05 bits per heavy atom. The van der Waals surface area contributed by atoms with Crippen molar-refractivity contribution in [3.63, 3.8) is 0 Å². The number of hydrogen-bond acceptors (Lipinski definition) is 2. The van der Waals surface area contributed by atoms with Crippen LogP contribution in [0.2, 0.25) is 0 Å². The van der Waals surface area contributed by atoms with Crippen LogP contribution in [0.5, 0.6) is 0 Å². The Kier molecular flexibility index (Phi) is 1.78. The Balaban J connectivity index is 1.98. The fourth-order valence-corrected chi connectivity index (χ4v) is 3.17. The van der Waals surface area contributed by atoms with Crippen molar-refractivity contribution in [3.05, 3.63) is 64.9 Å². The molecule has 2 aliphatic rings. The summed E-state index contributed by atoms with van der Waals surface area (Å²) in [6, 6.07) is 12.5. The molecule has 1 aromatic heterocycles. The molecule has 0 saturated heterocycles. The van der Waals surface area contributed by atoms with Gasteiger partial charge >= 0.3 is 0 Å². The lowest BCUT2D eigenvalue weighted by molar-refractivity contribution is 0.574. The SMILES string of the molecule is C1=CCc2c(oc3c4c(ccc23)=Nc2ccccc2-4)=C1. The summed E-state index contributed by atoms with van der Waals surface area (Å²) in [5.41, 5.74) is 6.59. The van der Waals surface area contributed by atoms with Crippen LogP contribution in [0.3, 0.4) is 0 Å². The molecule has 0 fully saturated rings. The van der Waals surface area contributed by atoms with E-state index in [1.54, 1.807) is 0 Å². The van der Waals surface area contributed by atoms with Crippen molar-refractivity contribution >= 4 is 22.7 Å². The number of rotatable bonds is 0. The number of benzene rings is 2. The molecule has 1 aliphatic heterocycles. The molecule has 0 bridgehead atoms. The second-order valence-electron chi connectivity index (χ2n) is 5.21. The average Bonchev–Trinajstić information content (AvgIpc) is 3.04. The third-order valence-corrected chi connectivity index (χ3v) is 4.09. The fourth-order valence-electron chi connectivity index (χ4n) is 3.17. The lowest BCUT2D eigenvalue weighted by Crippen LogP contribution is -2.04. The molecule has 2 heteroatoms. The molecule has 2 aromatic carbocycles. The molecule has 5 rings (SSSR count). The maximum Gasteiger partial charge on any atom is 0.145 e. The maximum absolute atomic E-state index is 6.12. The summed E-state index contributed by atoms with van der Waals surface area (Å²) in [5, 5.41) is 2.23. The van der Waals surface area contributed by atoms with Gasteiger partial charge in [-0.2, -0.15) is 0 Å². The number of furan rings is 1. The van der Waals surface area contributed by atoms with Gasteiger partial charge in [-0.05, 0) is 30.7 Å². The number of allylic oxidation sites excluding steroid dienone is 2. The van der Waals surface area contributed by atoms with Gasteiger partial charge in [0.2, 0.25) is 0 Å². The minimum atomic E-state index is 0.941. The van der Waals surface area contributed by atoms with Gasteiger partial charge in [-0.15, -0.1) is 0 Å². The first-order valence-electron chi connectivity index (χ1n) is 6.81. The van der Waals surface area contributed by atoms with E-state index in [0.29, 0.717) is 0 Å². The summed E-state index contributed by atoms with van der Waals surface area (Å²) in [6.45, 7) is 0. The van der Waals surface area contributed by atoms with Crippen LogP contribution in [-0.2, 0) is 6.42 Å². The van der Waals surface area contributed by atoms with Crippen LogP contribution in [0.1, 0.15) is 5.56 Å². The van der Waals surface area contributed by atoms with E-state index >= 15 is 0 Å². The molecule has 0 spiro atoms. The molecule has 94 valence electrons. The van der Waals surface area contributed by atoms with Crippen molar-refractivity contribution in [1.29, 1.82) is 0 Å². The van der Waals surface area contributed by atoms with Crippen molar-refractivity contribution < 1.29 is 4.42 Å². The molecule has 0 amide bonds. The Morgan fingerprint density at radius 2 is 2.00 bits per heavy atom. The van der Waals surface area contributed by atoms with E-state index in [1.165, 1.54) is 16.5 Å². The van der Waals surface area contributed by atoms with Crippen LogP contribution in [0.15, 0.2) is 58.0 Å². The van der Waals surface area contributed by atoms with Gasteiger partial charge in [0.15, 0.2) is 0 Å². The first-order chi connectivity index (χ1) is 9.92. The van der Waals surface area contributed by atoms with Gasteiger partial charge < -0.3 is 4.42 Å². The van der Waals surface area contributed by atoms with Gasteiger partial charge in [-0.3, -0.25) is 0 Å². The van der Waals surface area contributed by atoms with Gasteiger partial charge in [0, 0.05) is 16.5 Å². The Morgan fingerprint density at radius 3 is 3.00 bits per heavy atom. The summed E-state index contributed by atoms with van der Waals surface area (Å²) >= 11 is 0. The van der Waals surface area contributed by atoms with Crippen LogP contribution in [0.4, 0.5) is 5.69 Å². The monoisotopic (exact) mass is 257 g/mol. The molecular weight excluding hydrogens is 246 g/mol. The summed E-state index contributed by atoms with van der Waals surface area (Å²) in [7, 11) is 0. The Labute approximate surface area is 115 Å². The highest BCUT2D eigenvalue weighted by Crippen LogP contribution is 2.37. The topological polar surface area (TPSA) is 25.5 Å². The Hall–Kier alpha value is -2.61. The number of nitrogens with zero attached hydrogens (tertiary/aromatic N) is 1. The lowest BCUT2D eigenvalue weighted by atomic mass is 10.0. The summed E-state index contributed by atoms with van der Waals surface area (Å²) in [5.74, 6) is 0. The van der Waals surface area contributed by atoms with E-state index in [-0.39, 0.29) is 0 Å². The van der Waals surface area contributed by atoms with Crippen LogP contribution in [0.25, 0.3) is 28.2 Å². The standard InChI is InChI=1S/C18H11NO/c1-3-7-14-13(6-1)17-15(19-14)10-9-12-11-5-2-4-8-16(11)20-18(12)17/h1-4,6-10H,5H2. The van der Waals surface area contributed by atoms with Gasteiger partial charge in [-0.1, -0.05) is 30.4 Å². The molecule has 0 saturated carbocycles. The van der Waals surface area contributed by atoms with Crippen LogP contribution in [-0.4, -0.2) is 0 Å². The smallest absolute Gasteiger partial charge is 0.145 e. The molecule has 0 N–H and O–H groups in total. The zero-order valence-electron chi connectivity index (χ0n) is 10.8. The summed E-state index contributed by atoms with van der Waals surface area (Å²) in [4.78, 5) is 4.69. The maximum atomic E-state index is 6.12. The van der Waals surface area contributed by atoms with E-state index in [4.69, 9.17) is 4.42 Å². The van der Waals surface area contributed by atoms with E-state index < -0.39 is 0 Å². The third-order valence-electron chi connectivity index (χ3n) is 4.09. The Bertz CT molecular complexity index is 1020. The average molecular weight is 257 g/mol. The van der Waals surface area contributed by atoms with Crippen LogP contribution in [0, 0.1) is 0 Å². The number of para-hydroxylation sites is 1. The number of hydrogen-bond donors (Lipinski definition) is 0. The largest absolute Gasteiger partial charge is 0.456 e. The summed E-state index contributed by atoms with van der Waals surface area (Å²) < 4.78 is 6.12. The van der Waals surface area contributed by atoms with Crippen molar-refractivity contribution in [3.8, 4) is 11.1 Å². The highest BCUT2D eigenvalue weighted by Gasteiger charge is 2.20. The summed E-state index contributed by atoms with van der Waals surface area (Å²) in [6.07, 6.45) is 7.21. The fraction of sp³-hybridized carbons (Fsp3) is 0.0556.